The number of anilines is 1. The first-order valence-electron chi connectivity index (χ1n) is 13.5. The highest BCUT2D eigenvalue weighted by molar-refractivity contribution is 7.09. The van der Waals surface area contributed by atoms with Crippen molar-refractivity contribution in [2.75, 3.05) is 25.9 Å². The van der Waals surface area contributed by atoms with Gasteiger partial charge in [0.1, 0.15) is 11.4 Å². The first-order chi connectivity index (χ1) is 19.7. The van der Waals surface area contributed by atoms with Crippen molar-refractivity contribution in [3.63, 3.8) is 0 Å². The Morgan fingerprint density at radius 3 is 2.54 bits per heavy atom. The van der Waals surface area contributed by atoms with E-state index in [1.165, 1.54) is 10.9 Å². The second-order valence-corrected chi connectivity index (χ2v) is 11.9. The van der Waals surface area contributed by atoms with Gasteiger partial charge in [-0.3, -0.25) is 19.3 Å². The van der Waals surface area contributed by atoms with Gasteiger partial charge in [-0.1, -0.05) is 48.0 Å². The van der Waals surface area contributed by atoms with Crippen LogP contribution in [-0.2, 0) is 19.6 Å². The summed E-state index contributed by atoms with van der Waals surface area (Å²) in [5, 5.41) is 15.1. The maximum absolute atomic E-state index is 13.2. The minimum atomic E-state index is -1.05. The Hall–Kier alpha value is -3.41. The first kappa shape index (κ1) is 29.1. The molecule has 5 N–H and O–H groups in total. The number of hydrogen-bond donors (Lipinski definition) is 3. The Bertz CT molecular complexity index is 1620. The van der Waals surface area contributed by atoms with E-state index in [-0.39, 0.29) is 12.2 Å². The number of piperidine rings is 1. The number of aryl methyl sites for hydroxylation is 1. The molecule has 2 aromatic carbocycles. The van der Waals surface area contributed by atoms with Gasteiger partial charge in [-0.15, -0.1) is 11.3 Å². The molecule has 3 heterocycles. The van der Waals surface area contributed by atoms with E-state index in [4.69, 9.17) is 23.1 Å². The normalized spacial score (nSPS) is 15.8. The molecule has 1 saturated heterocycles. The third-order valence-corrected chi connectivity index (χ3v) is 8.72. The molecule has 1 fully saturated rings. The fourth-order valence-corrected chi connectivity index (χ4v) is 6.01. The molecule has 0 spiro atoms. The van der Waals surface area contributed by atoms with Crippen LogP contribution in [0.3, 0.4) is 0 Å². The molecule has 5 rings (SSSR count). The van der Waals surface area contributed by atoms with Crippen LogP contribution >= 0.6 is 22.9 Å². The maximum Gasteiger partial charge on any atom is 0.277 e. The molecule has 4 aromatic rings. The number of likely N-dealkylation sites (tertiary alicyclic amines) is 1. The molecular formula is C30H34ClN7O2S. The summed E-state index contributed by atoms with van der Waals surface area (Å²) in [5.41, 5.74) is 16.1. The highest BCUT2D eigenvalue weighted by atomic mass is 35.5. The van der Waals surface area contributed by atoms with Gasteiger partial charge < -0.3 is 16.6 Å². The summed E-state index contributed by atoms with van der Waals surface area (Å²) in [6.45, 7) is 4.55. The van der Waals surface area contributed by atoms with Crippen LogP contribution < -0.4 is 17.0 Å². The monoisotopic (exact) mass is 591 g/mol. The molecule has 214 valence electrons. The lowest BCUT2D eigenvalue weighted by Gasteiger charge is -2.38. The van der Waals surface area contributed by atoms with Crippen molar-refractivity contribution >= 4 is 34.3 Å². The predicted molar refractivity (Wildman–Crippen MR) is 166 cm³/mol. The van der Waals surface area contributed by atoms with Gasteiger partial charge in [-0.2, -0.15) is 0 Å². The van der Waals surface area contributed by atoms with Gasteiger partial charge in [0.15, 0.2) is 0 Å². The van der Waals surface area contributed by atoms with Gasteiger partial charge in [0.2, 0.25) is 0 Å². The number of nitrogens with two attached hydrogens (primary N) is 2. The zero-order chi connectivity index (χ0) is 29.1. The molecule has 0 radical (unpaired) electrons. The predicted octanol–water partition coefficient (Wildman–Crippen LogP) is 3.86. The minimum Gasteiger partial charge on any atom is -0.392 e. The standard InChI is InChI=1S/C30H34ClN7O2S/c1-19-36-25(16-41-19)22-7-8-23(24(31)13-22)15-37-11-9-30(40,10-12-37)17-38-18-35-28(26(33)29(38)39)27(34-2)21-5-3-20(14-32)4-6-21/h3-8,13,16,18,40H,9-12,14-15,17,32-33H2,1-2H3. The van der Waals surface area contributed by atoms with Crippen molar-refractivity contribution < 1.29 is 5.11 Å². The summed E-state index contributed by atoms with van der Waals surface area (Å²) in [7, 11) is 1.64. The number of halogens is 1. The largest absolute Gasteiger partial charge is 0.392 e. The number of thiazole rings is 1. The molecule has 0 amide bonds. The minimum absolute atomic E-state index is 0.00272. The molecule has 0 aliphatic carbocycles. The van der Waals surface area contributed by atoms with Crippen LogP contribution in [0.2, 0.25) is 5.02 Å². The Balaban J connectivity index is 1.24. The van der Waals surface area contributed by atoms with Crippen LogP contribution in [0.25, 0.3) is 11.3 Å². The quantitative estimate of drug-likeness (QED) is 0.265. The number of benzene rings is 2. The molecule has 0 saturated carbocycles. The van der Waals surface area contributed by atoms with Crippen LogP contribution in [0, 0.1) is 6.92 Å². The van der Waals surface area contributed by atoms with E-state index in [1.807, 2.05) is 54.8 Å². The topological polar surface area (TPSA) is 136 Å². The zero-order valence-corrected chi connectivity index (χ0v) is 24.8. The Morgan fingerprint density at radius 2 is 1.93 bits per heavy atom. The van der Waals surface area contributed by atoms with Gasteiger partial charge >= 0.3 is 0 Å². The average Bonchev–Trinajstić information content (AvgIpc) is 3.41. The van der Waals surface area contributed by atoms with E-state index in [0.29, 0.717) is 55.4 Å². The van der Waals surface area contributed by atoms with Gasteiger partial charge in [0, 0.05) is 54.8 Å². The summed E-state index contributed by atoms with van der Waals surface area (Å²) in [5.74, 6) is 0. The fourth-order valence-electron chi connectivity index (χ4n) is 5.15. The lowest BCUT2D eigenvalue weighted by atomic mass is 9.91. The smallest absolute Gasteiger partial charge is 0.277 e. The molecule has 2 aromatic heterocycles. The molecule has 1 aliphatic heterocycles. The summed E-state index contributed by atoms with van der Waals surface area (Å²) in [6, 6.07) is 13.6. The molecule has 1 aliphatic rings. The van der Waals surface area contributed by atoms with Gasteiger partial charge in [-0.05, 0) is 37.0 Å². The number of aliphatic imine (C=N–C) groups is 1. The van der Waals surface area contributed by atoms with E-state index in [0.717, 1.165) is 33.0 Å². The third kappa shape index (κ3) is 6.42. The Kier molecular flexibility index (Phi) is 8.67. The van der Waals surface area contributed by atoms with Crippen LogP contribution in [0.15, 0.2) is 64.0 Å². The number of hydrogen-bond acceptors (Lipinski definition) is 9. The van der Waals surface area contributed by atoms with E-state index < -0.39 is 11.2 Å². The summed E-state index contributed by atoms with van der Waals surface area (Å²) >= 11 is 8.24. The maximum atomic E-state index is 13.2. The van der Waals surface area contributed by atoms with Crippen molar-refractivity contribution in [3.05, 3.63) is 96.9 Å². The van der Waals surface area contributed by atoms with Gasteiger partial charge in [0.25, 0.3) is 5.56 Å². The summed E-state index contributed by atoms with van der Waals surface area (Å²) in [4.78, 5) is 28.8. The van der Waals surface area contributed by atoms with Gasteiger partial charge in [-0.25, -0.2) is 9.97 Å². The highest BCUT2D eigenvalue weighted by Gasteiger charge is 2.33. The van der Waals surface area contributed by atoms with E-state index in [2.05, 4.69) is 19.9 Å². The van der Waals surface area contributed by atoms with Crippen molar-refractivity contribution in [3.8, 4) is 11.3 Å². The van der Waals surface area contributed by atoms with Crippen molar-refractivity contribution in [2.24, 2.45) is 10.7 Å². The fraction of sp³-hybridized carbons (Fsp3) is 0.333. The van der Waals surface area contributed by atoms with Crippen LogP contribution in [0.1, 0.15) is 40.2 Å². The number of aliphatic hydroxyl groups is 1. The van der Waals surface area contributed by atoms with Gasteiger partial charge in [0.05, 0.1) is 34.9 Å². The summed E-state index contributed by atoms with van der Waals surface area (Å²) < 4.78 is 1.40. The summed E-state index contributed by atoms with van der Waals surface area (Å²) in [6.07, 6.45) is 2.46. The lowest BCUT2D eigenvalue weighted by molar-refractivity contribution is -0.0365. The number of rotatable bonds is 8. The van der Waals surface area contributed by atoms with E-state index in [1.54, 1.807) is 18.4 Å². The number of aromatic nitrogens is 3. The lowest BCUT2D eigenvalue weighted by Crippen LogP contribution is -2.48. The first-order valence-corrected chi connectivity index (χ1v) is 14.7. The Labute approximate surface area is 248 Å². The molecule has 11 heteroatoms. The molecule has 0 atom stereocenters. The SMILES string of the molecule is CN=C(c1ccc(CN)cc1)c1ncn(CC2(O)CCN(Cc3ccc(-c4csc(C)n4)cc3Cl)CC2)c(=O)c1N. The molecule has 0 bridgehead atoms. The highest BCUT2D eigenvalue weighted by Crippen LogP contribution is 2.30. The average molecular weight is 592 g/mol. The van der Waals surface area contributed by atoms with Crippen molar-refractivity contribution in [1.29, 1.82) is 0 Å². The van der Waals surface area contributed by atoms with Crippen LogP contribution in [0.5, 0.6) is 0 Å². The van der Waals surface area contributed by atoms with Crippen molar-refractivity contribution in [1.82, 2.24) is 19.4 Å². The van der Waals surface area contributed by atoms with E-state index in [9.17, 15) is 9.90 Å². The second-order valence-electron chi connectivity index (χ2n) is 10.5. The number of nitrogens with zero attached hydrogens (tertiary/aromatic N) is 5. The molecular weight excluding hydrogens is 558 g/mol. The zero-order valence-electron chi connectivity index (χ0n) is 23.2. The number of nitrogen functional groups attached to an aromatic ring is 1. The van der Waals surface area contributed by atoms with Crippen LogP contribution in [-0.4, -0.2) is 56.0 Å². The molecule has 0 unspecified atom stereocenters. The van der Waals surface area contributed by atoms with E-state index >= 15 is 0 Å². The second kappa shape index (κ2) is 12.2. The van der Waals surface area contributed by atoms with Crippen LogP contribution in [0.4, 0.5) is 5.69 Å². The van der Waals surface area contributed by atoms with Crippen molar-refractivity contribution in [2.45, 2.75) is 45.0 Å². The Morgan fingerprint density at radius 1 is 1.20 bits per heavy atom. The molecule has 41 heavy (non-hydrogen) atoms. The third-order valence-electron chi connectivity index (χ3n) is 7.60. The molecule has 9 nitrogen and oxygen atoms in total.